The van der Waals surface area contributed by atoms with E-state index in [9.17, 15) is 0 Å². The first-order valence-corrected chi connectivity index (χ1v) is 4.85. The predicted octanol–water partition coefficient (Wildman–Crippen LogP) is 3.97. The van der Waals surface area contributed by atoms with Gasteiger partial charge in [0, 0.05) is 0 Å². The zero-order valence-electron chi connectivity index (χ0n) is 8.96. The molecule has 0 radical (unpaired) electrons. The Bertz CT molecular complexity index is 306. The fourth-order valence-electron chi connectivity index (χ4n) is 1.31. The van der Waals surface area contributed by atoms with Crippen LogP contribution in [0.25, 0.3) is 6.08 Å². The molecule has 0 heterocycles. The van der Waals surface area contributed by atoms with Gasteiger partial charge in [0.15, 0.2) is 0 Å². The average molecular weight is 174 g/mol. The smallest absolute Gasteiger partial charge is 0.0230 e. The molecule has 0 spiro atoms. The topological polar surface area (TPSA) is 0 Å². The van der Waals surface area contributed by atoms with Gasteiger partial charge in [-0.25, -0.2) is 0 Å². The lowest BCUT2D eigenvalue weighted by atomic mass is 10.0. The Morgan fingerprint density at radius 1 is 1.15 bits per heavy atom. The molecule has 0 bridgehead atoms. The highest BCUT2D eigenvalue weighted by atomic mass is 14.0. The van der Waals surface area contributed by atoms with Gasteiger partial charge in [0.05, 0.1) is 0 Å². The van der Waals surface area contributed by atoms with Crippen LogP contribution >= 0.6 is 0 Å². The summed E-state index contributed by atoms with van der Waals surface area (Å²) >= 11 is 0. The van der Waals surface area contributed by atoms with Gasteiger partial charge in [-0.15, -0.1) is 0 Å². The van der Waals surface area contributed by atoms with Gasteiger partial charge in [-0.05, 0) is 30.9 Å². The number of aryl methyl sites for hydroxylation is 2. The third-order valence-electron chi connectivity index (χ3n) is 2.09. The fraction of sp³-hybridized carbons (Fsp3) is 0.385. The summed E-state index contributed by atoms with van der Waals surface area (Å²) in [4.78, 5) is 0. The van der Waals surface area contributed by atoms with E-state index >= 15 is 0 Å². The number of benzene rings is 1. The van der Waals surface area contributed by atoms with Gasteiger partial charge in [-0.2, -0.15) is 0 Å². The molecule has 0 nitrogen and oxygen atoms in total. The Balaban J connectivity index is 2.90. The molecule has 0 unspecified atom stereocenters. The predicted molar refractivity (Wildman–Crippen MR) is 59.8 cm³/mol. The Morgan fingerprint density at radius 2 is 1.85 bits per heavy atom. The van der Waals surface area contributed by atoms with Crippen molar-refractivity contribution in [3.63, 3.8) is 0 Å². The molecule has 0 amide bonds. The van der Waals surface area contributed by atoms with E-state index < -0.39 is 0 Å². The van der Waals surface area contributed by atoms with Crippen molar-refractivity contribution >= 4 is 6.08 Å². The van der Waals surface area contributed by atoms with E-state index in [0.717, 1.165) is 0 Å². The Kier molecular flexibility index (Phi) is 3.30. The maximum Gasteiger partial charge on any atom is -0.0230 e. The molecule has 13 heavy (non-hydrogen) atoms. The number of allylic oxidation sites excluding steroid dienone is 1. The summed E-state index contributed by atoms with van der Waals surface area (Å²) in [6.07, 6.45) is 4.44. The third-order valence-corrected chi connectivity index (χ3v) is 2.09. The van der Waals surface area contributed by atoms with Gasteiger partial charge in [-0.3, -0.25) is 0 Å². The van der Waals surface area contributed by atoms with Crippen molar-refractivity contribution < 1.29 is 0 Å². The standard InChI is InChI=1S/C13H18/c1-10(2)5-7-13-8-6-11(3)9-12(13)4/h5-10H,1-4H3/b7-5+. The summed E-state index contributed by atoms with van der Waals surface area (Å²) in [6.45, 7) is 8.68. The molecular formula is C13H18. The molecular weight excluding hydrogens is 156 g/mol. The molecule has 0 fully saturated rings. The minimum atomic E-state index is 0.626. The van der Waals surface area contributed by atoms with Crippen molar-refractivity contribution in [2.45, 2.75) is 27.7 Å². The molecule has 0 aliphatic rings. The van der Waals surface area contributed by atoms with Gasteiger partial charge in [0.2, 0.25) is 0 Å². The minimum absolute atomic E-state index is 0.626. The van der Waals surface area contributed by atoms with Crippen molar-refractivity contribution in [2.24, 2.45) is 5.92 Å². The quantitative estimate of drug-likeness (QED) is 0.636. The van der Waals surface area contributed by atoms with Crippen molar-refractivity contribution in [3.8, 4) is 0 Å². The van der Waals surface area contributed by atoms with Crippen LogP contribution in [-0.4, -0.2) is 0 Å². The molecule has 0 saturated heterocycles. The van der Waals surface area contributed by atoms with Crippen LogP contribution in [0.15, 0.2) is 24.3 Å². The lowest BCUT2D eigenvalue weighted by Gasteiger charge is -2.02. The summed E-state index contributed by atoms with van der Waals surface area (Å²) in [7, 11) is 0. The van der Waals surface area contributed by atoms with Crippen LogP contribution < -0.4 is 0 Å². The van der Waals surface area contributed by atoms with E-state index in [4.69, 9.17) is 0 Å². The van der Waals surface area contributed by atoms with Gasteiger partial charge >= 0.3 is 0 Å². The van der Waals surface area contributed by atoms with Crippen LogP contribution in [0.2, 0.25) is 0 Å². The van der Waals surface area contributed by atoms with E-state index in [0.29, 0.717) is 5.92 Å². The average Bonchev–Trinajstić information content (AvgIpc) is 2.02. The molecule has 0 aliphatic heterocycles. The Labute approximate surface area is 81.3 Å². The van der Waals surface area contributed by atoms with Gasteiger partial charge in [0.25, 0.3) is 0 Å². The second-order valence-electron chi connectivity index (χ2n) is 3.96. The molecule has 1 aromatic rings. The SMILES string of the molecule is Cc1ccc(/C=C/C(C)C)c(C)c1. The zero-order valence-corrected chi connectivity index (χ0v) is 8.96. The van der Waals surface area contributed by atoms with Crippen LogP contribution in [0.1, 0.15) is 30.5 Å². The summed E-state index contributed by atoms with van der Waals surface area (Å²) < 4.78 is 0. The zero-order chi connectivity index (χ0) is 9.84. The first-order chi connectivity index (χ1) is 6.09. The summed E-state index contributed by atoms with van der Waals surface area (Å²) in [6, 6.07) is 6.57. The third kappa shape index (κ3) is 3.06. The summed E-state index contributed by atoms with van der Waals surface area (Å²) in [5, 5.41) is 0. The van der Waals surface area contributed by atoms with Crippen LogP contribution in [0.3, 0.4) is 0 Å². The number of hydrogen-bond donors (Lipinski definition) is 0. The van der Waals surface area contributed by atoms with Crippen molar-refractivity contribution in [1.29, 1.82) is 0 Å². The second-order valence-corrected chi connectivity index (χ2v) is 3.96. The van der Waals surface area contributed by atoms with Crippen molar-refractivity contribution in [2.75, 3.05) is 0 Å². The monoisotopic (exact) mass is 174 g/mol. The van der Waals surface area contributed by atoms with Crippen molar-refractivity contribution in [1.82, 2.24) is 0 Å². The first-order valence-electron chi connectivity index (χ1n) is 4.85. The highest BCUT2D eigenvalue weighted by Gasteiger charge is 1.94. The molecule has 0 aromatic heterocycles. The van der Waals surface area contributed by atoms with Gasteiger partial charge < -0.3 is 0 Å². The molecule has 0 heteroatoms. The molecule has 1 rings (SSSR count). The van der Waals surface area contributed by atoms with Crippen LogP contribution in [0.5, 0.6) is 0 Å². The Hall–Kier alpha value is -1.04. The molecule has 70 valence electrons. The second kappa shape index (κ2) is 4.27. The summed E-state index contributed by atoms with van der Waals surface area (Å²) in [5.41, 5.74) is 4.02. The highest BCUT2D eigenvalue weighted by Crippen LogP contribution is 2.13. The largest absolute Gasteiger partial charge is 0.0814 e. The molecule has 1 aromatic carbocycles. The highest BCUT2D eigenvalue weighted by molar-refractivity contribution is 5.54. The normalized spacial score (nSPS) is 11.5. The lowest BCUT2D eigenvalue weighted by Crippen LogP contribution is -1.83. The van der Waals surface area contributed by atoms with Crippen LogP contribution in [0, 0.1) is 19.8 Å². The van der Waals surface area contributed by atoms with E-state index in [-0.39, 0.29) is 0 Å². The molecule has 0 aliphatic carbocycles. The molecule has 0 atom stereocenters. The van der Waals surface area contributed by atoms with E-state index in [1.165, 1.54) is 16.7 Å². The van der Waals surface area contributed by atoms with Gasteiger partial charge in [0.1, 0.15) is 0 Å². The van der Waals surface area contributed by atoms with Crippen LogP contribution in [0.4, 0.5) is 0 Å². The Morgan fingerprint density at radius 3 is 2.38 bits per heavy atom. The van der Waals surface area contributed by atoms with Crippen LogP contribution in [-0.2, 0) is 0 Å². The fourth-order valence-corrected chi connectivity index (χ4v) is 1.31. The maximum atomic E-state index is 2.23. The van der Waals surface area contributed by atoms with E-state index in [2.05, 4.69) is 58.0 Å². The molecule has 0 N–H and O–H groups in total. The van der Waals surface area contributed by atoms with E-state index in [1.54, 1.807) is 0 Å². The molecule has 0 saturated carbocycles. The minimum Gasteiger partial charge on any atom is -0.0814 e. The number of hydrogen-bond acceptors (Lipinski definition) is 0. The summed E-state index contributed by atoms with van der Waals surface area (Å²) in [5.74, 6) is 0.626. The van der Waals surface area contributed by atoms with Gasteiger partial charge in [-0.1, -0.05) is 49.8 Å². The maximum absolute atomic E-state index is 2.23. The van der Waals surface area contributed by atoms with E-state index in [1.807, 2.05) is 0 Å². The first kappa shape index (κ1) is 10.0. The number of rotatable bonds is 2. The lowest BCUT2D eigenvalue weighted by molar-refractivity contribution is 0.836. The van der Waals surface area contributed by atoms with Crippen molar-refractivity contribution in [3.05, 3.63) is 41.0 Å².